The number of esters is 2. The predicted molar refractivity (Wildman–Crippen MR) is 81.7 cm³/mol. The third-order valence-corrected chi connectivity index (χ3v) is 3.10. The van der Waals surface area contributed by atoms with Crippen molar-refractivity contribution in [2.45, 2.75) is 12.2 Å². The van der Waals surface area contributed by atoms with Crippen molar-refractivity contribution in [2.24, 2.45) is 0 Å². The molecule has 2 unspecified atom stereocenters. The van der Waals surface area contributed by atoms with Gasteiger partial charge in [-0.25, -0.2) is 9.59 Å². The first kappa shape index (κ1) is 22.2. The van der Waals surface area contributed by atoms with Gasteiger partial charge in [0.25, 0.3) is 20.2 Å². The van der Waals surface area contributed by atoms with Crippen LogP contribution in [-0.4, -0.2) is 66.7 Å². The van der Waals surface area contributed by atoms with Gasteiger partial charge in [-0.3, -0.25) is 8.37 Å². The summed E-state index contributed by atoms with van der Waals surface area (Å²) in [5.74, 6) is -2.71. The summed E-state index contributed by atoms with van der Waals surface area (Å²) in [5.41, 5.74) is 0. The van der Waals surface area contributed by atoms with E-state index in [1.807, 2.05) is 0 Å². The van der Waals surface area contributed by atoms with Crippen molar-refractivity contribution in [3.05, 3.63) is 25.3 Å². The van der Waals surface area contributed by atoms with Crippen LogP contribution in [0, 0.1) is 0 Å². The molecule has 0 aromatic rings. The SMILES string of the molecule is C=CCOC(=O)C(OS(C)(=O)=O)C(OS(C)(=O)=O)C(=O)OCC=C. The lowest BCUT2D eigenvalue weighted by Gasteiger charge is -2.22. The zero-order valence-electron chi connectivity index (χ0n) is 13.0. The molecule has 0 saturated carbocycles. The van der Waals surface area contributed by atoms with Gasteiger partial charge in [0.05, 0.1) is 12.5 Å². The number of ether oxygens (including phenoxy) is 2. The van der Waals surface area contributed by atoms with Crippen molar-refractivity contribution in [2.75, 3.05) is 25.7 Å². The Morgan fingerprint density at radius 2 is 1.12 bits per heavy atom. The van der Waals surface area contributed by atoms with Gasteiger partial charge < -0.3 is 9.47 Å². The van der Waals surface area contributed by atoms with E-state index in [2.05, 4.69) is 31.0 Å². The second kappa shape index (κ2) is 9.52. The molecule has 0 bridgehead atoms. The lowest BCUT2D eigenvalue weighted by Crippen LogP contribution is -2.47. The lowest BCUT2D eigenvalue weighted by molar-refractivity contribution is -0.167. The summed E-state index contributed by atoms with van der Waals surface area (Å²) in [6, 6.07) is 0. The fourth-order valence-corrected chi connectivity index (χ4v) is 2.36. The molecule has 0 radical (unpaired) electrons. The smallest absolute Gasteiger partial charge is 0.340 e. The molecule has 0 aliphatic rings. The maximum Gasteiger partial charge on any atom is 0.340 e. The van der Waals surface area contributed by atoms with Crippen LogP contribution in [0.5, 0.6) is 0 Å². The molecule has 0 saturated heterocycles. The van der Waals surface area contributed by atoms with Crippen LogP contribution in [-0.2, 0) is 47.7 Å². The number of hydrogen-bond acceptors (Lipinski definition) is 10. The van der Waals surface area contributed by atoms with Gasteiger partial charge in [-0.15, -0.1) is 0 Å². The maximum atomic E-state index is 11.9. The summed E-state index contributed by atoms with van der Waals surface area (Å²) in [4.78, 5) is 23.8. The molecule has 0 aliphatic carbocycles. The summed E-state index contributed by atoms with van der Waals surface area (Å²) >= 11 is 0. The van der Waals surface area contributed by atoms with Gasteiger partial charge in [0.2, 0.25) is 12.2 Å². The third-order valence-electron chi connectivity index (χ3n) is 1.98. The van der Waals surface area contributed by atoms with E-state index in [0.717, 1.165) is 12.2 Å². The van der Waals surface area contributed by atoms with E-state index in [9.17, 15) is 26.4 Å². The van der Waals surface area contributed by atoms with E-state index in [4.69, 9.17) is 0 Å². The van der Waals surface area contributed by atoms with E-state index < -0.39 is 44.4 Å². The molecule has 0 spiro atoms. The normalized spacial score (nSPS) is 14.2. The van der Waals surface area contributed by atoms with Gasteiger partial charge >= 0.3 is 11.9 Å². The van der Waals surface area contributed by atoms with Crippen LogP contribution in [0.3, 0.4) is 0 Å². The Kier molecular flexibility index (Phi) is 8.82. The molecule has 0 fully saturated rings. The second-order valence-corrected chi connectivity index (χ2v) is 7.48. The monoisotopic (exact) mass is 386 g/mol. The average molecular weight is 386 g/mol. The first-order valence-electron chi connectivity index (χ1n) is 6.23. The Morgan fingerprint density at radius 1 is 0.833 bits per heavy atom. The fourth-order valence-electron chi connectivity index (χ4n) is 1.25. The van der Waals surface area contributed by atoms with Crippen LogP contribution in [0.1, 0.15) is 0 Å². The summed E-state index contributed by atoms with van der Waals surface area (Å²) in [6.07, 6.45) is -0.949. The van der Waals surface area contributed by atoms with Crippen LogP contribution in [0.25, 0.3) is 0 Å². The lowest BCUT2D eigenvalue weighted by atomic mass is 10.2. The molecule has 2 atom stereocenters. The first-order valence-corrected chi connectivity index (χ1v) is 9.86. The van der Waals surface area contributed by atoms with Crippen LogP contribution in [0.2, 0.25) is 0 Å². The van der Waals surface area contributed by atoms with Crippen LogP contribution in [0.15, 0.2) is 25.3 Å². The second-order valence-electron chi connectivity index (χ2n) is 4.28. The largest absolute Gasteiger partial charge is 0.459 e. The standard InChI is InChI=1S/C12H18O10S2/c1-5-7-19-11(13)9(21-23(3,15)16)10(22-24(4,17)18)12(14)20-8-6-2/h5-6,9-10H,1-2,7-8H2,3-4H3. The fraction of sp³-hybridized carbons (Fsp3) is 0.500. The molecule has 12 heteroatoms. The van der Waals surface area contributed by atoms with E-state index in [1.165, 1.54) is 0 Å². The number of carbonyl (C=O) groups excluding carboxylic acids is 2. The zero-order chi connectivity index (χ0) is 19.0. The van der Waals surface area contributed by atoms with Crippen molar-refractivity contribution in [1.29, 1.82) is 0 Å². The zero-order valence-corrected chi connectivity index (χ0v) is 14.7. The van der Waals surface area contributed by atoms with Gasteiger partial charge in [0.1, 0.15) is 13.2 Å². The number of rotatable bonds is 11. The molecule has 0 aliphatic heterocycles. The Balaban J connectivity index is 5.74. The van der Waals surface area contributed by atoms with E-state index in [1.54, 1.807) is 0 Å². The quantitative estimate of drug-likeness (QED) is 0.250. The van der Waals surface area contributed by atoms with Gasteiger partial charge in [0, 0.05) is 0 Å². The number of carbonyl (C=O) groups is 2. The van der Waals surface area contributed by atoms with Gasteiger partial charge in [-0.1, -0.05) is 25.3 Å². The molecule has 24 heavy (non-hydrogen) atoms. The molecule has 0 rings (SSSR count). The van der Waals surface area contributed by atoms with Gasteiger partial charge in [-0.2, -0.15) is 16.8 Å². The molecule has 138 valence electrons. The number of hydrogen-bond donors (Lipinski definition) is 0. The first-order chi connectivity index (χ1) is 10.9. The summed E-state index contributed by atoms with van der Waals surface area (Å²) in [5, 5.41) is 0. The highest BCUT2D eigenvalue weighted by molar-refractivity contribution is 7.86. The topological polar surface area (TPSA) is 139 Å². The molecular weight excluding hydrogens is 368 g/mol. The highest BCUT2D eigenvalue weighted by Gasteiger charge is 2.43. The van der Waals surface area contributed by atoms with Crippen molar-refractivity contribution in [3.63, 3.8) is 0 Å². The van der Waals surface area contributed by atoms with Crippen molar-refractivity contribution in [3.8, 4) is 0 Å². The highest BCUT2D eigenvalue weighted by atomic mass is 32.2. The van der Waals surface area contributed by atoms with Crippen molar-refractivity contribution in [1.82, 2.24) is 0 Å². The maximum absolute atomic E-state index is 11.9. The minimum Gasteiger partial charge on any atom is -0.459 e. The average Bonchev–Trinajstić information content (AvgIpc) is 2.43. The Morgan fingerprint density at radius 3 is 1.33 bits per heavy atom. The van der Waals surface area contributed by atoms with E-state index in [0.29, 0.717) is 12.5 Å². The Bertz CT molecular complexity index is 617. The molecular formula is C12H18O10S2. The molecule has 0 amide bonds. The minimum atomic E-state index is -4.28. The van der Waals surface area contributed by atoms with Crippen LogP contribution >= 0.6 is 0 Å². The van der Waals surface area contributed by atoms with Gasteiger partial charge in [0.15, 0.2) is 0 Å². The van der Waals surface area contributed by atoms with Crippen LogP contribution < -0.4 is 0 Å². The summed E-state index contributed by atoms with van der Waals surface area (Å²) in [6.45, 7) is 5.89. The molecule has 0 N–H and O–H groups in total. The molecule has 0 heterocycles. The Hall–Kier alpha value is -1.76. The third kappa shape index (κ3) is 9.39. The summed E-state index contributed by atoms with van der Waals surface area (Å²) in [7, 11) is -8.55. The minimum absolute atomic E-state index is 0.338. The van der Waals surface area contributed by atoms with Crippen molar-refractivity contribution >= 4 is 32.2 Å². The molecule has 0 aromatic carbocycles. The summed E-state index contributed by atoms with van der Waals surface area (Å²) < 4.78 is 63.3. The van der Waals surface area contributed by atoms with Crippen molar-refractivity contribution < 1.29 is 44.3 Å². The predicted octanol–water partition coefficient (Wildman–Crippen LogP) is -0.866. The highest BCUT2D eigenvalue weighted by Crippen LogP contribution is 2.14. The van der Waals surface area contributed by atoms with E-state index >= 15 is 0 Å². The van der Waals surface area contributed by atoms with Gasteiger partial charge in [-0.05, 0) is 0 Å². The Labute approximate surface area is 140 Å². The van der Waals surface area contributed by atoms with Crippen LogP contribution in [0.4, 0.5) is 0 Å². The van der Waals surface area contributed by atoms with E-state index in [-0.39, 0.29) is 13.2 Å². The molecule has 10 nitrogen and oxygen atoms in total. The molecule has 0 aromatic heterocycles.